The highest BCUT2D eigenvalue weighted by Crippen LogP contribution is 2.25. The SMILES string of the molecule is O=C(Nc1ccccc1[N+](=O)[O-])c1ccoc1Br. The second-order valence-corrected chi connectivity index (χ2v) is 4.06. The summed E-state index contributed by atoms with van der Waals surface area (Å²) < 4.78 is 5.20. The standard InChI is InChI=1S/C11H7BrN2O4/c12-10-7(5-6-18-10)11(15)13-8-3-1-2-4-9(8)14(16)17/h1-6H,(H,13,15). The van der Waals surface area contributed by atoms with Crippen molar-refractivity contribution in [2.24, 2.45) is 0 Å². The van der Waals surface area contributed by atoms with E-state index in [1.165, 1.54) is 30.5 Å². The number of nitrogens with zero attached hydrogens (tertiary/aromatic N) is 1. The Morgan fingerprint density at radius 3 is 2.67 bits per heavy atom. The van der Waals surface area contributed by atoms with Gasteiger partial charge in [0.15, 0.2) is 4.67 Å². The molecular weight excluding hydrogens is 304 g/mol. The number of para-hydroxylation sites is 2. The molecule has 0 saturated carbocycles. The lowest BCUT2D eigenvalue weighted by atomic mass is 10.2. The molecule has 7 heteroatoms. The first-order valence-electron chi connectivity index (χ1n) is 4.87. The first kappa shape index (κ1) is 12.3. The number of furan rings is 1. The van der Waals surface area contributed by atoms with Crippen molar-refractivity contribution in [2.75, 3.05) is 5.32 Å². The van der Waals surface area contributed by atoms with Gasteiger partial charge in [-0.2, -0.15) is 0 Å². The summed E-state index contributed by atoms with van der Waals surface area (Å²) in [6, 6.07) is 7.38. The summed E-state index contributed by atoms with van der Waals surface area (Å²) in [4.78, 5) is 22.1. The van der Waals surface area contributed by atoms with E-state index in [1.807, 2.05) is 0 Å². The summed E-state index contributed by atoms with van der Waals surface area (Å²) in [7, 11) is 0. The Balaban J connectivity index is 2.28. The van der Waals surface area contributed by atoms with Crippen molar-refractivity contribution < 1.29 is 14.1 Å². The molecule has 0 aliphatic carbocycles. The molecule has 1 aromatic carbocycles. The number of carbonyl (C=O) groups excluding carboxylic acids is 1. The van der Waals surface area contributed by atoms with Gasteiger partial charge in [-0.25, -0.2) is 0 Å². The van der Waals surface area contributed by atoms with Crippen molar-refractivity contribution in [3.8, 4) is 0 Å². The van der Waals surface area contributed by atoms with Crippen LogP contribution in [0.1, 0.15) is 10.4 Å². The zero-order chi connectivity index (χ0) is 13.1. The Morgan fingerprint density at radius 1 is 1.33 bits per heavy atom. The van der Waals surface area contributed by atoms with Crippen molar-refractivity contribution in [3.05, 3.63) is 56.9 Å². The summed E-state index contributed by atoms with van der Waals surface area (Å²) in [5, 5.41) is 13.2. The summed E-state index contributed by atoms with van der Waals surface area (Å²) in [6.45, 7) is 0. The van der Waals surface area contributed by atoms with E-state index in [1.54, 1.807) is 6.07 Å². The summed E-state index contributed by atoms with van der Waals surface area (Å²) in [5.41, 5.74) is 0.249. The number of hydrogen-bond acceptors (Lipinski definition) is 4. The quantitative estimate of drug-likeness (QED) is 0.696. The van der Waals surface area contributed by atoms with Gasteiger partial charge < -0.3 is 9.73 Å². The van der Waals surface area contributed by atoms with Gasteiger partial charge in [0.25, 0.3) is 11.6 Å². The van der Waals surface area contributed by atoms with Crippen LogP contribution in [0.15, 0.2) is 45.7 Å². The van der Waals surface area contributed by atoms with Crippen LogP contribution in [0.3, 0.4) is 0 Å². The second kappa shape index (κ2) is 5.01. The Labute approximate surface area is 110 Å². The fourth-order valence-electron chi connectivity index (χ4n) is 1.38. The Hall–Kier alpha value is -2.15. The molecule has 1 heterocycles. The number of carbonyl (C=O) groups is 1. The number of anilines is 1. The van der Waals surface area contributed by atoms with E-state index in [4.69, 9.17) is 4.42 Å². The van der Waals surface area contributed by atoms with Crippen LogP contribution in [0.2, 0.25) is 0 Å². The maximum atomic E-state index is 11.8. The van der Waals surface area contributed by atoms with E-state index < -0.39 is 10.8 Å². The lowest BCUT2D eigenvalue weighted by molar-refractivity contribution is -0.383. The molecule has 0 atom stereocenters. The van der Waals surface area contributed by atoms with Crippen LogP contribution in [0.5, 0.6) is 0 Å². The minimum Gasteiger partial charge on any atom is -0.457 e. The molecule has 2 aromatic rings. The number of nitrogens with one attached hydrogen (secondary N) is 1. The third-order valence-corrected chi connectivity index (χ3v) is 2.83. The molecule has 0 spiro atoms. The molecule has 0 radical (unpaired) electrons. The van der Waals surface area contributed by atoms with Gasteiger partial charge in [-0.3, -0.25) is 14.9 Å². The molecule has 0 bridgehead atoms. The monoisotopic (exact) mass is 310 g/mol. The third-order valence-electron chi connectivity index (χ3n) is 2.21. The van der Waals surface area contributed by atoms with Crippen LogP contribution < -0.4 is 5.32 Å². The Morgan fingerprint density at radius 2 is 2.06 bits per heavy atom. The van der Waals surface area contributed by atoms with Gasteiger partial charge in [-0.15, -0.1) is 0 Å². The van der Waals surface area contributed by atoms with Crippen LogP contribution in [0, 0.1) is 10.1 Å². The van der Waals surface area contributed by atoms with Gasteiger partial charge in [0.1, 0.15) is 5.69 Å². The number of hydrogen-bond donors (Lipinski definition) is 1. The van der Waals surface area contributed by atoms with Gasteiger partial charge in [0, 0.05) is 6.07 Å². The smallest absolute Gasteiger partial charge is 0.292 e. The maximum absolute atomic E-state index is 11.8. The van der Waals surface area contributed by atoms with Crippen molar-refractivity contribution in [1.82, 2.24) is 0 Å². The Kier molecular flexibility index (Phi) is 3.42. The largest absolute Gasteiger partial charge is 0.457 e. The van der Waals surface area contributed by atoms with E-state index >= 15 is 0 Å². The summed E-state index contributed by atoms with van der Waals surface area (Å²) >= 11 is 3.07. The molecule has 6 nitrogen and oxygen atoms in total. The first-order chi connectivity index (χ1) is 8.59. The fraction of sp³-hybridized carbons (Fsp3) is 0. The Bertz CT molecular complexity index is 609. The molecule has 92 valence electrons. The summed E-state index contributed by atoms with van der Waals surface area (Å²) in [5.74, 6) is -0.482. The zero-order valence-electron chi connectivity index (χ0n) is 8.92. The number of nitro groups is 1. The van der Waals surface area contributed by atoms with E-state index in [2.05, 4.69) is 21.2 Å². The predicted molar refractivity (Wildman–Crippen MR) is 67.5 cm³/mol. The molecule has 0 fully saturated rings. The molecule has 0 unspecified atom stereocenters. The average molecular weight is 311 g/mol. The molecule has 1 N–H and O–H groups in total. The van der Waals surface area contributed by atoms with E-state index in [0.29, 0.717) is 0 Å². The number of nitro benzene ring substituents is 1. The van der Waals surface area contributed by atoms with Gasteiger partial charge in [-0.05, 0) is 28.1 Å². The molecule has 2 rings (SSSR count). The number of rotatable bonds is 3. The fourth-order valence-corrected chi connectivity index (χ4v) is 1.80. The van der Waals surface area contributed by atoms with Gasteiger partial charge in [0.2, 0.25) is 0 Å². The van der Waals surface area contributed by atoms with Crippen LogP contribution in [-0.2, 0) is 0 Å². The highest BCUT2D eigenvalue weighted by Gasteiger charge is 2.18. The van der Waals surface area contributed by atoms with Gasteiger partial charge >= 0.3 is 0 Å². The van der Waals surface area contributed by atoms with Crippen LogP contribution in [-0.4, -0.2) is 10.8 Å². The number of halogens is 1. The lowest BCUT2D eigenvalue weighted by Crippen LogP contribution is -2.12. The molecule has 1 amide bonds. The molecular formula is C11H7BrN2O4. The summed E-state index contributed by atoms with van der Waals surface area (Å²) in [6.07, 6.45) is 1.35. The second-order valence-electron chi connectivity index (χ2n) is 3.34. The van der Waals surface area contributed by atoms with Crippen LogP contribution in [0.4, 0.5) is 11.4 Å². The minimum atomic E-state index is -0.556. The number of amides is 1. The highest BCUT2D eigenvalue weighted by molar-refractivity contribution is 9.10. The van der Waals surface area contributed by atoms with Gasteiger partial charge in [0.05, 0.1) is 16.7 Å². The van der Waals surface area contributed by atoms with E-state index in [9.17, 15) is 14.9 Å². The topological polar surface area (TPSA) is 85.4 Å². The zero-order valence-corrected chi connectivity index (χ0v) is 10.5. The highest BCUT2D eigenvalue weighted by atomic mass is 79.9. The van der Waals surface area contributed by atoms with Crippen LogP contribution >= 0.6 is 15.9 Å². The maximum Gasteiger partial charge on any atom is 0.292 e. The molecule has 0 saturated heterocycles. The van der Waals surface area contributed by atoms with E-state index in [-0.39, 0.29) is 21.6 Å². The third kappa shape index (κ3) is 2.40. The average Bonchev–Trinajstić information content (AvgIpc) is 2.76. The molecule has 1 aromatic heterocycles. The van der Waals surface area contributed by atoms with Crippen molar-refractivity contribution in [1.29, 1.82) is 0 Å². The lowest BCUT2D eigenvalue weighted by Gasteiger charge is -2.04. The first-order valence-corrected chi connectivity index (χ1v) is 5.66. The minimum absolute atomic E-state index is 0.139. The van der Waals surface area contributed by atoms with Gasteiger partial charge in [-0.1, -0.05) is 12.1 Å². The van der Waals surface area contributed by atoms with Crippen LogP contribution in [0.25, 0.3) is 0 Å². The number of benzene rings is 1. The van der Waals surface area contributed by atoms with Crippen molar-refractivity contribution in [2.45, 2.75) is 0 Å². The van der Waals surface area contributed by atoms with Crippen molar-refractivity contribution in [3.63, 3.8) is 0 Å². The molecule has 0 aliphatic rings. The normalized spacial score (nSPS) is 10.1. The molecule has 0 aliphatic heterocycles. The van der Waals surface area contributed by atoms with E-state index in [0.717, 1.165) is 0 Å². The van der Waals surface area contributed by atoms with Crippen molar-refractivity contribution >= 4 is 33.2 Å². The predicted octanol–water partition coefficient (Wildman–Crippen LogP) is 3.20. The molecule has 18 heavy (non-hydrogen) atoms.